The zero-order valence-corrected chi connectivity index (χ0v) is 7.71. The van der Waals surface area contributed by atoms with Gasteiger partial charge in [-0.1, -0.05) is 0 Å². The predicted molar refractivity (Wildman–Crippen MR) is 47.4 cm³/mol. The minimum absolute atomic E-state index is 0.143. The standard InChI is InChI=1S/C8H11NO2S/c1-2-11-8-3-4-9-6(10)5-7(9)12-8/h3-4,7-8H,2,5H2,1H3/t7-,8?/m1/s1. The third-order valence-corrected chi connectivity index (χ3v) is 3.24. The molecule has 0 aliphatic carbocycles. The summed E-state index contributed by atoms with van der Waals surface area (Å²) in [6.45, 7) is 2.70. The summed E-state index contributed by atoms with van der Waals surface area (Å²) in [7, 11) is 0. The number of carbonyl (C=O) groups is 1. The van der Waals surface area contributed by atoms with Gasteiger partial charge in [-0.2, -0.15) is 0 Å². The summed E-state index contributed by atoms with van der Waals surface area (Å²) in [5.74, 6) is 0.221. The van der Waals surface area contributed by atoms with Crippen LogP contribution < -0.4 is 0 Å². The van der Waals surface area contributed by atoms with E-state index in [9.17, 15) is 4.79 Å². The first-order valence-corrected chi connectivity index (χ1v) is 5.02. The highest BCUT2D eigenvalue weighted by Gasteiger charge is 2.38. The number of amides is 1. The van der Waals surface area contributed by atoms with E-state index in [0.29, 0.717) is 11.8 Å². The minimum Gasteiger partial charge on any atom is -0.364 e. The number of thioether (sulfide) groups is 1. The molecule has 0 spiro atoms. The number of β-lactam (4-membered cyclic amide) rings is 1. The van der Waals surface area contributed by atoms with Crippen LogP contribution in [0.5, 0.6) is 0 Å². The molecule has 66 valence electrons. The minimum atomic E-state index is 0.143. The van der Waals surface area contributed by atoms with Gasteiger partial charge in [0.05, 0.1) is 11.8 Å². The van der Waals surface area contributed by atoms with Crippen LogP contribution in [0, 0.1) is 0 Å². The van der Waals surface area contributed by atoms with Gasteiger partial charge in [0.2, 0.25) is 5.91 Å². The molecular weight excluding hydrogens is 174 g/mol. The average molecular weight is 185 g/mol. The molecule has 0 aromatic rings. The Morgan fingerprint density at radius 3 is 3.25 bits per heavy atom. The number of fused-ring (bicyclic) bond motifs is 1. The summed E-state index contributed by atoms with van der Waals surface area (Å²) in [4.78, 5) is 12.7. The van der Waals surface area contributed by atoms with E-state index in [1.54, 1.807) is 16.7 Å². The van der Waals surface area contributed by atoms with E-state index in [-0.39, 0.29) is 11.3 Å². The summed E-state index contributed by atoms with van der Waals surface area (Å²) >= 11 is 1.71. The topological polar surface area (TPSA) is 29.5 Å². The zero-order valence-electron chi connectivity index (χ0n) is 6.90. The van der Waals surface area contributed by atoms with Gasteiger partial charge in [-0.15, -0.1) is 11.8 Å². The van der Waals surface area contributed by atoms with Crippen LogP contribution in [0.15, 0.2) is 12.3 Å². The lowest BCUT2D eigenvalue weighted by Crippen LogP contribution is -2.49. The van der Waals surface area contributed by atoms with Crippen LogP contribution in [0.3, 0.4) is 0 Å². The second kappa shape index (κ2) is 3.11. The van der Waals surface area contributed by atoms with Crippen LogP contribution in [0.4, 0.5) is 0 Å². The average Bonchev–Trinajstić information content (AvgIpc) is 2.03. The van der Waals surface area contributed by atoms with Gasteiger partial charge in [0.1, 0.15) is 5.44 Å². The summed E-state index contributed by atoms with van der Waals surface area (Å²) in [5.41, 5.74) is 0.143. The highest BCUT2D eigenvalue weighted by atomic mass is 32.2. The van der Waals surface area contributed by atoms with E-state index in [2.05, 4.69) is 0 Å². The fraction of sp³-hybridized carbons (Fsp3) is 0.625. The van der Waals surface area contributed by atoms with E-state index in [1.165, 1.54) is 0 Å². The molecule has 0 radical (unpaired) electrons. The molecule has 3 nitrogen and oxygen atoms in total. The van der Waals surface area contributed by atoms with Crippen molar-refractivity contribution in [3.8, 4) is 0 Å². The molecule has 0 saturated carbocycles. The Labute approximate surface area is 75.8 Å². The maximum absolute atomic E-state index is 10.9. The van der Waals surface area contributed by atoms with Crippen LogP contribution >= 0.6 is 11.8 Å². The van der Waals surface area contributed by atoms with Crippen molar-refractivity contribution in [3.63, 3.8) is 0 Å². The van der Waals surface area contributed by atoms with Gasteiger partial charge < -0.3 is 9.64 Å². The fourth-order valence-corrected chi connectivity index (χ4v) is 2.56. The molecule has 2 heterocycles. The smallest absolute Gasteiger partial charge is 0.230 e. The number of hydrogen-bond donors (Lipinski definition) is 0. The number of rotatable bonds is 2. The van der Waals surface area contributed by atoms with Crippen molar-refractivity contribution in [2.75, 3.05) is 6.61 Å². The summed E-state index contributed by atoms with van der Waals surface area (Å²) in [6, 6.07) is 0. The quantitative estimate of drug-likeness (QED) is 0.605. The lowest BCUT2D eigenvalue weighted by molar-refractivity contribution is -0.137. The van der Waals surface area contributed by atoms with E-state index in [0.717, 1.165) is 6.61 Å². The van der Waals surface area contributed by atoms with Crippen LogP contribution in [0.1, 0.15) is 13.3 Å². The Morgan fingerprint density at radius 1 is 1.83 bits per heavy atom. The van der Waals surface area contributed by atoms with Crippen molar-refractivity contribution in [1.82, 2.24) is 4.90 Å². The third-order valence-electron chi connectivity index (χ3n) is 1.97. The van der Waals surface area contributed by atoms with Gasteiger partial charge in [0.25, 0.3) is 0 Å². The van der Waals surface area contributed by atoms with Gasteiger partial charge in [0.15, 0.2) is 0 Å². The summed E-state index contributed by atoms with van der Waals surface area (Å²) < 4.78 is 5.41. The van der Waals surface area contributed by atoms with Gasteiger partial charge in [-0.25, -0.2) is 0 Å². The first kappa shape index (κ1) is 8.13. The molecule has 12 heavy (non-hydrogen) atoms. The number of hydrogen-bond acceptors (Lipinski definition) is 3. The molecule has 0 aromatic carbocycles. The fourth-order valence-electron chi connectivity index (χ4n) is 1.32. The number of carbonyl (C=O) groups excluding carboxylic acids is 1. The molecule has 1 amide bonds. The lowest BCUT2D eigenvalue weighted by atomic mass is 10.2. The molecule has 2 aliphatic heterocycles. The van der Waals surface area contributed by atoms with Crippen LogP contribution in [0.2, 0.25) is 0 Å². The highest BCUT2D eigenvalue weighted by Crippen LogP contribution is 2.37. The van der Waals surface area contributed by atoms with E-state index in [1.807, 2.05) is 19.2 Å². The van der Waals surface area contributed by atoms with Gasteiger partial charge >= 0.3 is 0 Å². The molecular formula is C8H11NO2S. The third kappa shape index (κ3) is 1.25. The van der Waals surface area contributed by atoms with Crippen molar-refractivity contribution in [2.24, 2.45) is 0 Å². The molecule has 0 bridgehead atoms. The molecule has 4 heteroatoms. The largest absolute Gasteiger partial charge is 0.364 e. The molecule has 2 rings (SSSR count). The zero-order chi connectivity index (χ0) is 8.55. The van der Waals surface area contributed by atoms with Crippen molar-refractivity contribution >= 4 is 17.7 Å². The van der Waals surface area contributed by atoms with Crippen molar-refractivity contribution in [3.05, 3.63) is 12.3 Å². The van der Waals surface area contributed by atoms with E-state index < -0.39 is 0 Å². The predicted octanol–water partition coefficient (Wildman–Crippen LogP) is 1.17. The molecule has 0 N–H and O–H groups in total. The maximum atomic E-state index is 10.9. The van der Waals surface area contributed by atoms with Crippen molar-refractivity contribution < 1.29 is 9.53 Å². The van der Waals surface area contributed by atoms with Crippen LogP contribution in [-0.2, 0) is 9.53 Å². The Balaban J connectivity index is 1.96. The normalized spacial score (nSPS) is 33.1. The second-order valence-corrected chi connectivity index (χ2v) is 4.04. The summed E-state index contributed by atoms with van der Waals surface area (Å²) in [6.07, 6.45) is 4.44. The lowest BCUT2D eigenvalue weighted by Gasteiger charge is -2.41. The summed E-state index contributed by atoms with van der Waals surface area (Å²) in [5, 5.41) is 0.332. The monoisotopic (exact) mass is 185 g/mol. The molecule has 1 saturated heterocycles. The number of ether oxygens (including phenoxy) is 1. The molecule has 1 unspecified atom stereocenters. The Kier molecular flexibility index (Phi) is 2.11. The van der Waals surface area contributed by atoms with Gasteiger partial charge in [-0.05, 0) is 13.0 Å². The number of nitrogens with zero attached hydrogens (tertiary/aromatic N) is 1. The van der Waals surface area contributed by atoms with Gasteiger partial charge in [-0.3, -0.25) is 4.79 Å². The highest BCUT2D eigenvalue weighted by molar-refractivity contribution is 8.00. The Bertz CT molecular complexity index is 229. The van der Waals surface area contributed by atoms with Crippen molar-refractivity contribution in [2.45, 2.75) is 24.2 Å². The molecule has 2 atom stereocenters. The molecule has 0 aromatic heterocycles. The Morgan fingerprint density at radius 2 is 2.67 bits per heavy atom. The SMILES string of the molecule is CCOC1C=CN2C(=O)C[C@H]2S1. The van der Waals surface area contributed by atoms with Crippen molar-refractivity contribution in [1.29, 1.82) is 0 Å². The van der Waals surface area contributed by atoms with E-state index in [4.69, 9.17) is 4.74 Å². The molecule has 2 aliphatic rings. The molecule has 1 fully saturated rings. The first-order valence-electron chi connectivity index (χ1n) is 4.08. The van der Waals surface area contributed by atoms with E-state index >= 15 is 0 Å². The maximum Gasteiger partial charge on any atom is 0.230 e. The van der Waals surface area contributed by atoms with Crippen LogP contribution in [0.25, 0.3) is 0 Å². The van der Waals surface area contributed by atoms with Crippen LogP contribution in [-0.4, -0.2) is 28.2 Å². The second-order valence-electron chi connectivity index (χ2n) is 2.76. The Hall–Kier alpha value is -0.480. The van der Waals surface area contributed by atoms with Gasteiger partial charge in [0, 0.05) is 12.8 Å². The first-order chi connectivity index (χ1) is 5.81.